The summed E-state index contributed by atoms with van der Waals surface area (Å²) in [6.07, 6.45) is 0. The molecule has 0 amide bonds. The molecule has 0 radical (unpaired) electrons. The second kappa shape index (κ2) is 12.1. The van der Waals surface area contributed by atoms with E-state index in [2.05, 4.69) is 205 Å². The van der Waals surface area contributed by atoms with Crippen LogP contribution in [0.3, 0.4) is 0 Å². The fourth-order valence-electron chi connectivity index (χ4n) is 9.46. The van der Waals surface area contributed by atoms with Crippen molar-refractivity contribution in [3.05, 3.63) is 200 Å². The molecule has 3 heterocycles. The molecule has 0 saturated carbocycles. The minimum atomic E-state index is -2.90. The van der Waals surface area contributed by atoms with Gasteiger partial charge in [0.15, 0.2) is 16.1 Å². The number of rotatable bonds is 3. The van der Waals surface area contributed by atoms with E-state index in [9.17, 15) is 0 Å². The molecule has 8 aromatic rings. The van der Waals surface area contributed by atoms with Gasteiger partial charge in [0.05, 0.1) is 11.4 Å². The average molecular weight is 744 g/mol. The Morgan fingerprint density at radius 3 is 1.25 bits per heavy atom. The fourth-order valence-corrected chi connectivity index (χ4v) is 24.8. The Bertz CT molecular complexity index is 2580. The zero-order valence-corrected chi connectivity index (χ0v) is 32.4. The molecule has 5 heteroatoms. The molecule has 0 bridgehead atoms. The molecule has 1 nitrogen and oxygen atoms in total. The van der Waals surface area contributed by atoms with E-state index in [0.717, 1.165) is 0 Å². The second-order valence-electron chi connectivity index (χ2n) is 14.0. The van der Waals surface area contributed by atoms with Crippen LogP contribution in [0.15, 0.2) is 220 Å². The van der Waals surface area contributed by atoms with Gasteiger partial charge in [-0.05, 0) is 90.0 Å². The minimum absolute atomic E-state index is 1.22. The monoisotopic (exact) mass is 743 g/mol. The van der Waals surface area contributed by atoms with Crippen molar-refractivity contribution in [1.29, 1.82) is 0 Å². The number of hydrogen-bond acceptors (Lipinski definition) is 3. The first-order chi connectivity index (χ1) is 26.3. The molecule has 0 fully saturated rings. The summed E-state index contributed by atoms with van der Waals surface area (Å²) in [7, 11) is -5.74. The number of fused-ring (bicyclic) bond motifs is 10. The first-order valence-corrected chi connectivity index (χ1v) is 23.8. The van der Waals surface area contributed by atoms with Crippen LogP contribution in [0, 0.1) is 0 Å². The standard InChI is InChI=1S/C48H33NS2Si2/c1-3-17-35(18-4-1)52(36-19-5-2-6-20-36)45-29-15-16-30-46(45)53(43-27-13-11-25-41(43)51-42-26-12-14-28-44(42)53)48-33-34(31-32-47(48)52)49-37-21-7-9-23-39(37)50-40-24-10-8-22-38(40)49/h1-33H. The van der Waals surface area contributed by atoms with Gasteiger partial charge in [-0.25, -0.2) is 0 Å². The summed E-state index contributed by atoms with van der Waals surface area (Å²) in [4.78, 5) is 7.84. The summed E-state index contributed by atoms with van der Waals surface area (Å²) in [5.41, 5.74) is 3.68. The van der Waals surface area contributed by atoms with E-state index in [1.54, 1.807) is 0 Å². The van der Waals surface area contributed by atoms with Crippen LogP contribution < -0.4 is 46.4 Å². The summed E-state index contributed by atoms with van der Waals surface area (Å²) >= 11 is 3.81. The van der Waals surface area contributed by atoms with E-state index in [1.165, 1.54) is 78.1 Å². The van der Waals surface area contributed by atoms with Gasteiger partial charge in [-0.15, -0.1) is 0 Å². The first kappa shape index (κ1) is 31.2. The molecule has 250 valence electrons. The van der Waals surface area contributed by atoms with Crippen LogP contribution in [-0.4, -0.2) is 16.1 Å². The predicted octanol–water partition coefficient (Wildman–Crippen LogP) is 7.15. The number of benzene rings is 8. The Morgan fingerprint density at radius 2 is 0.698 bits per heavy atom. The zero-order chi connectivity index (χ0) is 35.0. The van der Waals surface area contributed by atoms with Crippen LogP contribution >= 0.6 is 23.5 Å². The summed E-state index contributed by atoms with van der Waals surface area (Å²) in [6.45, 7) is 0. The molecule has 53 heavy (non-hydrogen) atoms. The minimum Gasteiger partial charge on any atom is -0.308 e. The van der Waals surface area contributed by atoms with Crippen molar-refractivity contribution >= 4 is 98.2 Å². The van der Waals surface area contributed by atoms with Gasteiger partial charge in [0.25, 0.3) is 0 Å². The highest BCUT2D eigenvalue weighted by Crippen LogP contribution is 2.51. The molecule has 0 N–H and O–H groups in total. The van der Waals surface area contributed by atoms with Crippen molar-refractivity contribution in [2.24, 2.45) is 0 Å². The van der Waals surface area contributed by atoms with E-state index in [4.69, 9.17) is 0 Å². The van der Waals surface area contributed by atoms with Crippen LogP contribution in [0.4, 0.5) is 17.1 Å². The van der Waals surface area contributed by atoms with Gasteiger partial charge in [-0.1, -0.05) is 175 Å². The zero-order valence-electron chi connectivity index (χ0n) is 28.8. The lowest BCUT2D eigenvalue weighted by Crippen LogP contribution is -2.93. The highest BCUT2D eigenvalue weighted by molar-refractivity contribution is 8.00. The molecule has 8 aromatic carbocycles. The third-order valence-electron chi connectivity index (χ3n) is 11.5. The molecular weight excluding hydrogens is 711 g/mol. The molecule has 11 rings (SSSR count). The van der Waals surface area contributed by atoms with Gasteiger partial charge >= 0.3 is 0 Å². The lowest BCUT2D eigenvalue weighted by molar-refractivity contribution is 1.17. The summed E-state index contributed by atoms with van der Waals surface area (Å²) in [5.74, 6) is 0. The molecule has 0 saturated heterocycles. The Balaban J connectivity index is 1.33. The lowest BCUT2D eigenvalue weighted by Gasteiger charge is -2.50. The molecule has 0 atom stereocenters. The highest BCUT2D eigenvalue weighted by Gasteiger charge is 2.58. The van der Waals surface area contributed by atoms with E-state index >= 15 is 0 Å². The van der Waals surface area contributed by atoms with Gasteiger partial charge < -0.3 is 4.90 Å². The maximum Gasteiger partial charge on any atom is 0.181 e. The maximum atomic E-state index is 2.64. The Hall–Kier alpha value is -5.31. The van der Waals surface area contributed by atoms with Gasteiger partial charge in [0.1, 0.15) is 0 Å². The van der Waals surface area contributed by atoms with E-state index in [1.807, 2.05) is 23.5 Å². The van der Waals surface area contributed by atoms with E-state index in [0.29, 0.717) is 0 Å². The molecule has 3 aliphatic heterocycles. The van der Waals surface area contributed by atoms with Crippen molar-refractivity contribution in [1.82, 2.24) is 0 Å². The normalized spacial score (nSPS) is 15.3. The van der Waals surface area contributed by atoms with Crippen molar-refractivity contribution in [2.75, 3.05) is 4.90 Å². The van der Waals surface area contributed by atoms with Crippen LogP contribution in [0.5, 0.6) is 0 Å². The first-order valence-electron chi connectivity index (χ1n) is 18.2. The van der Waals surface area contributed by atoms with Crippen LogP contribution in [0.2, 0.25) is 0 Å². The topological polar surface area (TPSA) is 3.24 Å². The fraction of sp³-hybridized carbons (Fsp3) is 0. The number of nitrogens with zero attached hydrogens (tertiary/aromatic N) is 1. The quantitative estimate of drug-likeness (QED) is 0.177. The third kappa shape index (κ3) is 4.33. The lowest BCUT2D eigenvalue weighted by atomic mass is 10.2. The molecule has 1 spiro atoms. The molecule has 0 aliphatic carbocycles. The molecule has 3 aliphatic rings. The van der Waals surface area contributed by atoms with Crippen LogP contribution in [-0.2, 0) is 0 Å². The predicted molar refractivity (Wildman–Crippen MR) is 230 cm³/mol. The summed E-state index contributed by atoms with van der Waals surface area (Å²) < 4.78 is 0. The van der Waals surface area contributed by atoms with Gasteiger partial charge in [-0.2, -0.15) is 0 Å². The Labute approximate surface area is 321 Å². The SMILES string of the molecule is c1ccc([Si]2(c3ccccc3)c3ccccc3[Si]3(c4ccccc4Sc4ccccc43)c3cc(N4c5ccccc5Sc5ccccc54)ccc32)cc1. The average Bonchev–Trinajstić information content (AvgIpc) is 3.23. The maximum absolute atomic E-state index is 2.90. The Morgan fingerprint density at radius 1 is 0.302 bits per heavy atom. The third-order valence-corrected chi connectivity index (χ3v) is 24.4. The smallest absolute Gasteiger partial charge is 0.181 e. The largest absolute Gasteiger partial charge is 0.308 e. The van der Waals surface area contributed by atoms with Crippen LogP contribution in [0.25, 0.3) is 0 Å². The van der Waals surface area contributed by atoms with E-state index < -0.39 is 16.1 Å². The van der Waals surface area contributed by atoms with Crippen molar-refractivity contribution < 1.29 is 0 Å². The molecule has 0 unspecified atom stereocenters. The Kier molecular flexibility index (Phi) is 7.14. The van der Waals surface area contributed by atoms with Gasteiger partial charge in [-0.3, -0.25) is 0 Å². The van der Waals surface area contributed by atoms with Crippen molar-refractivity contribution in [2.45, 2.75) is 19.6 Å². The molecular formula is C48H33NS2Si2. The van der Waals surface area contributed by atoms with Gasteiger partial charge in [0, 0.05) is 25.3 Å². The van der Waals surface area contributed by atoms with Gasteiger partial charge in [0.2, 0.25) is 0 Å². The second-order valence-corrected chi connectivity index (χ2v) is 23.5. The summed E-state index contributed by atoms with van der Waals surface area (Å²) in [5, 5.41) is 11.9. The number of hydrogen-bond donors (Lipinski definition) is 0. The van der Waals surface area contributed by atoms with E-state index in [-0.39, 0.29) is 0 Å². The highest BCUT2D eigenvalue weighted by atomic mass is 32.2. The van der Waals surface area contributed by atoms with Crippen LogP contribution in [0.1, 0.15) is 0 Å². The molecule has 0 aromatic heterocycles. The summed E-state index contributed by atoms with van der Waals surface area (Å²) in [6, 6.07) is 76.6. The number of para-hydroxylation sites is 2. The van der Waals surface area contributed by atoms with Crippen molar-refractivity contribution in [3.63, 3.8) is 0 Å². The van der Waals surface area contributed by atoms with Crippen molar-refractivity contribution in [3.8, 4) is 0 Å². The number of anilines is 3.